The zero-order valence-electron chi connectivity index (χ0n) is 13.4. The minimum absolute atomic E-state index is 0.177. The number of ether oxygens (including phenoxy) is 1. The summed E-state index contributed by atoms with van der Waals surface area (Å²) in [4.78, 5) is 29.5. The van der Waals surface area contributed by atoms with E-state index < -0.39 is 5.97 Å². The molecule has 25 heavy (non-hydrogen) atoms. The second-order valence-electron chi connectivity index (χ2n) is 5.16. The minimum Gasteiger partial charge on any atom is -0.465 e. The zero-order valence-corrected chi connectivity index (χ0v) is 15.0. The first-order chi connectivity index (χ1) is 12.1. The predicted molar refractivity (Wildman–Crippen MR) is 99.0 cm³/mol. The third-order valence-electron chi connectivity index (χ3n) is 3.49. The van der Waals surface area contributed by atoms with E-state index in [1.54, 1.807) is 19.1 Å². The number of amides is 1. The fourth-order valence-electron chi connectivity index (χ4n) is 2.40. The van der Waals surface area contributed by atoms with Crippen LogP contribution in [-0.2, 0) is 9.53 Å². The number of thiophene rings is 1. The summed E-state index contributed by atoms with van der Waals surface area (Å²) in [6, 6.07) is 12.7. The molecule has 5 nitrogen and oxygen atoms in total. The van der Waals surface area contributed by atoms with Crippen molar-refractivity contribution in [1.82, 2.24) is 10.3 Å². The van der Waals surface area contributed by atoms with Crippen LogP contribution in [-0.4, -0.2) is 30.0 Å². The number of benzene rings is 1. The largest absolute Gasteiger partial charge is 0.465 e. The number of aromatic nitrogens is 1. The molecular weight excluding hydrogens is 360 g/mol. The average molecular weight is 375 g/mol. The lowest BCUT2D eigenvalue weighted by Crippen LogP contribution is -2.30. The van der Waals surface area contributed by atoms with Crippen LogP contribution >= 0.6 is 22.9 Å². The van der Waals surface area contributed by atoms with Gasteiger partial charge in [0, 0.05) is 5.39 Å². The second-order valence-corrected chi connectivity index (χ2v) is 6.88. The Morgan fingerprint density at radius 3 is 2.76 bits per heavy atom. The summed E-state index contributed by atoms with van der Waals surface area (Å²) in [6.07, 6.45) is 0. The monoisotopic (exact) mass is 374 g/mol. The van der Waals surface area contributed by atoms with Gasteiger partial charge in [-0.1, -0.05) is 29.8 Å². The van der Waals surface area contributed by atoms with Crippen LogP contribution in [0.5, 0.6) is 0 Å². The highest BCUT2D eigenvalue weighted by Crippen LogP contribution is 2.32. The zero-order chi connectivity index (χ0) is 17.8. The van der Waals surface area contributed by atoms with E-state index in [2.05, 4.69) is 10.3 Å². The van der Waals surface area contributed by atoms with E-state index in [0.717, 1.165) is 10.3 Å². The molecule has 0 aliphatic rings. The van der Waals surface area contributed by atoms with Gasteiger partial charge in [0.2, 0.25) is 0 Å². The maximum absolute atomic E-state index is 12.6. The van der Waals surface area contributed by atoms with Crippen LogP contribution in [0, 0.1) is 0 Å². The number of fused-ring (bicyclic) bond motifs is 1. The molecule has 3 rings (SSSR count). The summed E-state index contributed by atoms with van der Waals surface area (Å²) in [7, 11) is 0. The lowest BCUT2D eigenvalue weighted by atomic mass is 10.1. The molecule has 0 spiro atoms. The molecule has 0 atom stereocenters. The van der Waals surface area contributed by atoms with Crippen molar-refractivity contribution in [2.45, 2.75) is 6.92 Å². The van der Waals surface area contributed by atoms with Gasteiger partial charge >= 0.3 is 5.97 Å². The molecule has 0 unspecified atom stereocenters. The van der Waals surface area contributed by atoms with Crippen molar-refractivity contribution >= 4 is 45.7 Å². The predicted octanol–water partition coefficient (Wildman–Crippen LogP) is 3.91. The van der Waals surface area contributed by atoms with E-state index in [0.29, 0.717) is 21.1 Å². The molecule has 0 fully saturated rings. The van der Waals surface area contributed by atoms with E-state index in [9.17, 15) is 9.59 Å². The Balaban J connectivity index is 1.97. The van der Waals surface area contributed by atoms with Crippen molar-refractivity contribution in [1.29, 1.82) is 0 Å². The molecule has 0 aliphatic heterocycles. The van der Waals surface area contributed by atoms with Gasteiger partial charge in [-0.15, -0.1) is 11.3 Å². The third-order valence-corrected chi connectivity index (χ3v) is 4.74. The standard InChI is InChI=1S/C18H15ClN2O3S/c1-2-24-17(22)10-20-18(23)12-9-14(15-7-8-16(19)25-15)21-13-6-4-3-5-11(12)13/h3-9H,2,10H2,1H3,(H,20,23). The van der Waals surface area contributed by atoms with Crippen molar-refractivity contribution in [2.75, 3.05) is 13.2 Å². The summed E-state index contributed by atoms with van der Waals surface area (Å²) in [5.41, 5.74) is 1.82. The van der Waals surface area contributed by atoms with Gasteiger partial charge in [0.1, 0.15) is 6.54 Å². The first kappa shape index (κ1) is 17.4. The Hall–Kier alpha value is -2.44. The number of nitrogens with one attached hydrogen (secondary N) is 1. The Morgan fingerprint density at radius 2 is 2.04 bits per heavy atom. The molecule has 0 saturated heterocycles. The van der Waals surface area contributed by atoms with Crippen molar-refractivity contribution < 1.29 is 14.3 Å². The van der Waals surface area contributed by atoms with Crippen LogP contribution in [0.4, 0.5) is 0 Å². The number of para-hydroxylation sites is 1. The number of hydrogen-bond donors (Lipinski definition) is 1. The minimum atomic E-state index is -0.473. The van der Waals surface area contributed by atoms with Gasteiger partial charge in [0.25, 0.3) is 5.91 Å². The number of rotatable bonds is 5. The molecular formula is C18H15ClN2O3S. The number of pyridine rings is 1. The lowest BCUT2D eigenvalue weighted by Gasteiger charge is -2.09. The van der Waals surface area contributed by atoms with E-state index in [-0.39, 0.29) is 19.1 Å². The number of carbonyl (C=O) groups excluding carboxylic acids is 2. The molecule has 0 saturated carbocycles. The summed E-state index contributed by atoms with van der Waals surface area (Å²) < 4.78 is 5.48. The van der Waals surface area contributed by atoms with Crippen molar-refractivity contribution in [3.63, 3.8) is 0 Å². The number of halogens is 1. The first-order valence-corrected chi connectivity index (χ1v) is 8.87. The molecule has 2 heterocycles. The average Bonchev–Trinajstić information content (AvgIpc) is 3.05. The third kappa shape index (κ3) is 3.97. The summed E-state index contributed by atoms with van der Waals surface area (Å²) in [5.74, 6) is -0.824. The molecule has 1 amide bonds. The maximum Gasteiger partial charge on any atom is 0.325 e. The Bertz CT molecular complexity index is 939. The van der Waals surface area contributed by atoms with Gasteiger partial charge in [0.15, 0.2) is 0 Å². The quantitative estimate of drug-likeness (QED) is 0.687. The smallest absolute Gasteiger partial charge is 0.325 e. The molecule has 2 aromatic heterocycles. The number of hydrogen-bond acceptors (Lipinski definition) is 5. The first-order valence-electron chi connectivity index (χ1n) is 7.68. The van der Waals surface area contributed by atoms with Crippen LogP contribution < -0.4 is 5.32 Å². The van der Waals surface area contributed by atoms with Crippen LogP contribution in [0.25, 0.3) is 21.5 Å². The number of nitrogens with zero attached hydrogens (tertiary/aromatic N) is 1. The van der Waals surface area contributed by atoms with Gasteiger partial charge in [-0.25, -0.2) is 4.98 Å². The molecule has 0 radical (unpaired) electrons. The van der Waals surface area contributed by atoms with Gasteiger partial charge in [-0.05, 0) is 31.2 Å². The molecule has 3 aromatic rings. The summed E-state index contributed by atoms with van der Waals surface area (Å²) in [6.45, 7) is 1.81. The fraction of sp³-hybridized carbons (Fsp3) is 0.167. The van der Waals surface area contributed by atoms with Gasteiger partial charge < -0.3 is 10.1 Å². The summed E-state index contributed by atoms with van der Waals surface area (Å²) in [5, 5.41) is 3.31. The van der Waals surface area contributed by atoms with Crippen LogP contribution in [0.3, 0.4) is 0 Å². The number of carbonyl (C=O) groups is 2. The summed E-state index contributed by atoms with van der Waals surface area (Å²) >= 11 is 7.40. The van der Waals surface area contributed by atoms with Gasteiger partial charge in [0.05, 0.1) is 32.6 Å². The van der Waals surface area contributed by atoms with E-state index in [1.165, 1.54) is 11.3 Å². The van der Waals surface area contributed by atoms with Crippen molar-refractivity contribution in [3.8, 4) is 10.6 Å². The van der Waals surface area contributed by atoms with E-state index in [1.807, 2.05) is 30.3 Å². The molecule has 7 heteroatoms. The molecule has 1 N–H and O–H groups in total. The van der Waals surface area contributed by atoms with E-state index >= 15 is 0 Å². The van der Waals surface area contributed by atoms with Gasteiger partial charge in [-0.2, -0.15) is 0 Å². The normalized spacial score (nSPS) is 10.6. The van der Waals surface area contributed by atoms with Crippen LogP contribution in [0.15, 0.2) is 42.5 Å². The van der Waals surface area contributed by atoms with Crippen molar-refractivity contribution in [3.05, 3.63) is 52.4 Å². The molecule has 0 aliphatic carbocycles. The Kier molecular flexibility index (Phi) is 5.31. The molecule has 1 aromatic carbocycles. The number of esters is 1. The Labute approximate surface area is 153 Å². The SMILES string of the molecule is CCOC(=O)CNC(=O)c1cc(-c2ccc(Cl)s2)nc2ccccc12. The fourth-order valence-corrected chi connectivity index (χ4v) is 3.40. The highest BCUT2D eigenvalue weighted by molar-refractivity contribution is 7.19. The highest BCUT2D eigenvalue weighted by atomic mass is 35.5. The topological polar surface area (TPSA) is 68.3 Å². The van der Waals surface area contributed by atoms with Crippen LogP contribution in [0.2, 0.25) is 4.34 Å². The van der Waals surface area contributed by atoms with Crippen LogP contribution in [0.1, 0.15) is 17.3 Å². The lowest BCUT2D eigenvalue weighted by molar-refractivity contribution is -0.141. The molecule has 128 valence electrons. The Morgan fingerprint density at radius 1 is 1.24 bits per heavy atom. The van der Waals surface area contributed by atoms with Gasteiger partial charge in [-0.3, -0.25) is 9.59 Å². The molecule has 0 bridgehead atoms. The second kappa shape index (κ2) is 7.63. The maximum atomic E-state index is 12.6. The van der Waals surface area contributed by atoms with Crippen molar-refractivity contribution in [2.24, 2.45) is 0 Å². The highest BCUT2D eigenvalue weighted by Gasteiger charge is 2.15. The van der Waals surface area contributed by atoms with E-state index in [4.69, 9.17) is 16.3 Å².